The second kappa shape index (κ2) is 7.19. The Hall–Kier alpha value is -2.46. The molecule has 0 aliphatic rings. The Morgan fingerprint density at radius 2 is 1.64 bits per heavy atom. The predicted octanol–water partition coefficient (Wildman–Crippen LogP) is 5.23. The number of thioether (sulfide) groups is 1. The molecule has 0 aliphatic heterocycles. The third-order valence-corrected chi connectivity index (χ3v) is 5.18. The van der Waals surface area contributed by atoms with Gasteiger partial charge in [-0.1, -0.05) is 48.0 Å². The van der Waals surface area contributed by atoms with Crippen LogP contribution in [-0.2, 0) is 5.75 Å². The Bertz CT molecular complexity index is 936. The molecule has 0 fully saturated rings. The van der Waals surface area contributed by atoms with Crippen molar-refractivity contribution in [3.8, 4) is 17.1 Å². The van der Waals surface area contributed by atoms with Gasteiger partial charge in [-0.3, -0.25) is 0 Å². The molecule has 4 heteroatoms. The van der Waals surface area contributed by atoms with Crippen molar-refractivity contribution in [1.82, 2.24) is 0 Å². The van der Waals surface area contributed by atoms with Crippen LogP contribution in [0.25, 0.3) is 11.3 Å². The number of benzene rings is 2. The van der Waals surface area contributed by atoms with E-state index < -0.39 is 5.63 Å². The van der Waals surface area contributed by atoms with Gasteiger partial charge >= 0.3 is 5.63 Å². The molecule has 1 N–H and O–H groups in total. The van der Waals surface area contributed by atoms with Crippen LogP contribution in [0.3, 0.4) is 0 Å². The normalized spacial score (nSPS) is 10.8. The molecule has 128 valence electrons. The average Bonchev–Trinajstić information content (AvgIpc) is 2.54. The molecule has 0 bridgehead atoms. The number of aromatic hydroxyl groups is 1. The molecule has 0 spiro atoms. The van der Waals surface area contributed by atoms with Crippen LogP contribution in [0.2, 0.25) is 0 Å². The van der Waals surface area contributed by atoms with Crippen molar-refractivity contribution in [2.75, 3.05) is 0 Å². The van der Waals surface area contributed by atoms with E-state index in [1.807, 2.05) is 63.2 Å². The maximum Gasteiger partial charge on any atom is 0.353 e. The van der Waals surface area contributed by atoms with Crippen LogP contribution < -0.4 is 5.63 Å². The van der Waals surface area contributed by atoms with Crippen molar-refractivity contribution in [2.45, 2.75) is 31.4 Å². The minimum atomic E-state index is -0.504. The fourth-order valence-electron chi connectivity index (χ4n) is 3.02. The lowest BCUT2D eigenvalue weighted by Gasteiger charge is -2.11. The lowest BCUT2D eigenvalue weighted by atomic mass is 9.98. The van der Waals surface area contributed by atoms with Crippen LogP contribution in [0.1, 0.15) is 22.3 Å². The highest BCUT2D eigenvalue weighted by atomic mass is 32.2. The fourth-order valence-corrected chi connectivity index (χ4v) is 3.89. The van der Waals surface area contributed by atoms with Gasteiger partial charge in [0, 0.05) is 17.4 Å². The first-order valence-electron chi connectivity index (χ1n) is 8.08. The Morgan fingerprint density at radius 3 is 2.24 bits per heavy atom. The van der Waals surface area contributed by atoms with Crippen LogP contribution in [0, 0.1) is 20.8 Å². The first-order chi connectivity index (χ1) is 12.0. The molecule has 0 aliphatic carbocycles. The third-order valence-electron chi connectivity index (χ3n) is 4.04. The fraction of sp³-hybridized carbons (Fsp3) is 0.190. The van der Waals surface area contributed by atoms with Gasteiger partial charge in [0.25, 0.3) is 0 Å². The van der Waals surface area contributed by atoms with Crippen LogP contribution in [0.5, 0.6) is 5.75 Å². The monoisotopic (exact) mass is 352 g/mol. The summed E-state index contributed by atoms with van der Waals surface area (Å²) in [7, 11) is 0. The van der Waals surface area contributed by atoms with Crippen LogP contribution in [0.15, 0.2) is 62.6 Å². The van der Waals surface area contributed by atoms with E-state index in [0.717, 1.165) is 27.8 Å². The third kappa shape index (κ3) is 3.80. The Labute approximate surface area is 151 Å². The van der Waals surface area contributed by atoms with Crippen molar-refractivity contribution >= 4 is 11.8 Å². The van der Waals surface area contributed by atoms with Gasteiger partial charge in [-0.15, -0.1) is 11.8 Å². The zero-order chi connectivity index (χ0) is 18.0. The molecule has 1 heterocycles. The number of aryl methyl sites for hydroxylation is 3. The Balaban J connectivity index is 1.95. The molecular formula is C21H20O3S. The summed E-state index contributed by atoms with van der Waals surface area (Å²) < 4.78 is 5.53. The van der Waals surface area contributed by atoms with Gasteiger partial charge in [-0.05, 0) is 37.5 Å². The zero-order valence-corrected chi connectivity index (χ0v) is 15.3. The molecule has 3 aromatic rings. The second-order valence-corrected chi connectivity index (χ2v) is 7.15. The summed E-state index contributed by atoms with van der Waals surface area (Å²) in [5.74, 6) is 0.967. The molecule has 0 saturated heterocycles. The summed E-state index contributed by atoms with van der Waals surface area (Å²) in [5.41, 5.74) is 4.63. The van der Waals surface area contributed by atoms with Crippen LogP contribution >= 0.6 is 11.8 Å². The predicted molar refractivity (Wildman–Crippen MR) is 102 cm³/mol. The molecule has 3 nitrogen and oxygen atoms in total. The zero-order valence-electron chi connectivity index (χ0n) is 14.5. The average molecular weight is 352 g/mol. The smallest absolute Gasteiger partial charge is 0.353 e. The van der Waals surface area contributed by atoms with E-state index in [1.165, 1.54) is 11.8 Å². The quantitative estimate of drug-likeness (QED) is 0.653. The van der Waals surface area contributed by atoms with E-state index in [9.17, 15) is 9.90 Å². The van der Waals surface area contributed by atoms with E-state index in [-0.39, 0.29) is 10.6 Å². The van der Waals surface area contributed by atoms with E-state index in [1.54, 1.807) is 6.07 Å². The van der Waals surface area contributed by atoms with Gasteiger partial charge in [0.1, 0.15) is 16.4 Å². The minimum absolute atomic E-state index is 0.0356. The highest BCUT2D eigenvalue weighted by Gasteiger charge is 2.16. The standard InChI is InChI=1S/C21H20O3S/c1-13-9-14(2)19(15(3)10-13)18-11-17(22)20(21(23)24-18)25-12-16-7-5-4-6-8-16/h4-11,22H,12H2,1-3H3. The molecular weight excluding hydrogens is 332 g/mol. The lowest BCUT2D eigenvalue weighted by Crippen LogP contribution is -2.04. The van der Waals surface area contributed by atoms with Gasteiger partial charge in [0.2, 0.25) is 0 Å². The maximum absolute atomic E-state index is 12.4. The van der Waals surface area contributed by atoms with E-state index in [2.05, 4.69) is 0 Å². The molecule has 2 aromatic carbocycles. The van der Waals surface area contributed by atoms with Gasteiger partial charge in [0.15, 0.2) is 0 Å². The SMILES string of the molecule is Cc1cc(C)c(-c2cc(O)c(SCc3ccccc3)c(=O)o2)c(C)c1. The highest BCUT2D eigenvalue weighted by Crippen LogP contribution is 2.34. The molecule has 3 rings (SSSR count). The second-order valence-electron chi connectivity index (χ2n) is 6.16. The highest BCUT2D eigenvalue weighted by molar-refractivity contribution is 7.98. The van der Waals surface area contributed by atoms with E-state index in [4.69, 9.17) is 4.42 Å². The largest absolute Gasteiger partial charge is 0.506 e. The first kappa shape index (κ1) is 17.4. The molecule has 1 aromatic heterocycles. The Kier molecular flexibility index (Phi) is 5.00. The van der Waals surface area contributed by atoms with Gasteiger partial charge in [-0.2, -0.15) is 0 Å². The van der Waals surface area contributed by atoms with Crippen molar-refractivity contribution in [1.29, 1.82) is 0 Å². The molecule has 0 radical (unpaired) electrons. The summed E-state index contributed by atoms with van der Waals surface area (Å²) >= 11 is 1.29. The van der Waals surface area contributed by atoms with Crippen LogP contribution in [0.4, 0.5) is 0 Å². The van der Waals surface area contributed by atoms with Crippen molar-refractivity contribution in [3.63, 3.8) is 0 Å². The van der Waals surface area contributed by atoms with Gasteiger partial charge in [-0.25, -0.2) is 4.79 Å². The number of hydrogen-bond acceptors (Lipinski definition) is 4. The van der Waals surface area contributed by atoms with E-state index in [0.29, 0.717) is 11.5 Å². The summed E-state index contributed by atoms with van der Waals surface area (Å²) in [6.07, 6.45) is 0. The summed E-state index contributed by atoms with van der Waals surface area (Å²) in [6.45, 7) is 5.98. The first-order valence-corrected chi connectivity index (χ1v) is 9.06. The minimum Gasteiger partial charge on any atom is -0.506 e. The Morgan fingerprint density at radius 1 is 1.00 bits per heavy atom. The van der Waals surface area contributed by atoms with Crippen molar-refractivity contribution < 1.29 is 9.52 Å². The number of rotatable bonds is 4. The summed E-state index contributed by atoms with van der Waals surface area (Å²) in [5, 5.41) is 10.4. The topological polar surface area (TPSA) is 50.4 Å². The van der Waals surface area contributed by atoms with E-state index >= 15 is 0 Å². The number of hydrogen-bond donors (Lipinski definition) is 1. The van der Waals surface area contributed by atoms with Crippen LogP contribution in [-0.4, -0.2) is 5.11 Å². The molecule has 0 unspecified atom stereocenters. The summed E-state index contributed by atoms with van der Waals surface area (Å²) in [4.78, 5) is 12.6. The molecule has 0 amide bonds. The van der Waals surface area contributed by atoms with Crippen molar-refractivity contribution in [3.05, 3.63) is 81.2 Å². The maximum atomic E-state index is 12.4. The molecule has 0 saturated carbocycles. The van der Waals surface area contributed by atoms with Gasteiger partial charge < -0.3 is 9.52 Å². The molecule has 0 atom stereocenters. The molecule has 25 heavy (non-hydrogen) atoms. The lowest BCUT2D eigenvalue weighted by molar-refractivity contribution is 0.430. The summed E-state index contributed by atoms with van der Waals surface area (Å²) in [6, 6.07) is 15.4. The van der Waals surface area contributed by atoms with Gasteiger partial charge in [0.05, 0.1) is 0 Å². The van der Waals surface area contributed by atoms with Crippen molar-refractivity contribution in [2.24, 2.45) is 0 Å².